The van der Waals surface area contributed by atoms with Crippen LogP contribution >= 0.6 is 0 Å². The van der Waals surface area contributed by atoms with Crippen molar-refractivity contribution in [3.63, 3.8) is 0 Å². The molecule has 0 radical (unpaired) electrons. The summed E-state index contributed by atoms with van der Waals surface area (Å²) in [5.41, 5.74) is 18.2. The van der Waals surface area contributed by atoms with Crippen LogP contribution in [0.25, 0.3) is 210 Å². The third-order valence-electron chi connectivity index (χ3n) is 20.4. The standard InChI is InChI=1S/C87H50N6O3/c1-7-19-73-61(13-1)67-43-70-64-16-4-10-22-79(64)94-82(70)46-76(67)91(73)58-34-31-49-37-55(28-25-52(49)40-58)85-88-86(56-29-26-53-41-59(35-32-50(53)38-56)92-74-20-8-2-14-62(74)68-44-71-65-17-5-11-23-80(65)95-83(71)47-77(68)92)90-87(89-85)57-30-27-54-42-60(36-33-51(54)39-57)93-75-21-9-3-15-63(75)69-45-72-66-18-6-12-24-81(66)96-84(72)48-78(69)93/h1-11,13-23,25-48H,12,24H2. The Balaban J connectivity index is 0.671. The molecule has 7 aromatic heterocycles. The first kappa shape index (κ1) is 51.7. The molecule has 1 aliphatic rings. The summed E-state index contributed by atoms with van der Waals surface area (Å²) in [6, 6.07) is 96.0. The third-order valence-corrected chi connectivity index (χ3v) is 20.4. The van der Waals surface area contributed by atoms with Crippen molar-refractivity contribution in [1.82, 2.24) is 28.7 Å². The van der Waals surface area contributed by atoms with Crippen LogP contribution in [0.3, 0.4) is 0 Å². The van der Waals surface area contributed by atoms with E-state index >= 15 is 0 Å². The van der Waals surface area contributed by atoms with E-state index in [0.29, 0.717) is 17.5 Å². The van der Waals surface area contributed by atoms with Crippen molar-refractivity contribution >= 4 is 159 Å². The molecule has 0 bridgehead atoms. The first-order valence-electron chi connectivity index (χ1n) is 32.7. The lowest BCUT2D eigenvalue weighted by Gasteiger charge is -2.13. The molecule has 1 aliphatic carbocycles. The Morgan fingerprint density at radius 3 is 1.04 bits per heavy atom. The Morgan fingerprint density at radius 1 is 0.260 bits per heavy atom. The molecule has 14 aromatic carbocycles. The average Bonchev–Trinajstić information content (AvgIpc) is 1.58. The molecule has 21 aromatic rings. The van der Waals surface area contributed by atoms with Crippen LogP contribution in [0.2, 0.25) is 0 Å². The second kappa shape index (κ2) is 19.4. The minimum absolute atomic E-state index is 0.586. The number of hydrogen-bond donors (Lipinski definition) is 0. The maximum absolute atomic E-state index is 6.55. The largest absolute Gasteiger partial charge is 0.460 e. The predicted molar refractivity (Wildman–Crippen MR) is 393 cm³/mol. The van der Waals surface area contributed by atoms with Gasteiger partial charge in [0.15, 0.2) is 17.5 Å². The Kier molecular flexibility index (Phi) is 10.4. The molecule has 0 N–H and O–H groups in total. The molecule has 96 heavy (non-hydrogen) atoms. The highest BCUT2D eigenvalue weighted by Crippen LogP contribution is 2.44. The molecule has 446 valence electrons. The smallest absolute Gasteiger partial charge is 0.164 e. The van der Waals surface area contributed by atoms with Crippen LogP contribution in [0, 0.1) is 0 Å². The normalized spacial score (nSPS) is 12.9. The summed E-state index contributed by atoms with van der Waals surface area (Å²) in [6.45, 7) is 0. The Morgan fingerprint density at radius 2 is 0.615 bits per heavy atom. The van der Waals surface area contributed by atoms with Gasteiger partial charge in [-0.3, -0.25) is 0 Å². The molecule has 0 atom stereocenters. The van der Waals surface area contributed by atoms with E-state index in [1.807, 2.05) is 24.3 Å². The Labute approximate surface area is 545 Å². The zero-order chi connectivity index (χ0) is 62.4. The van der Waals surface area contributed by atoms with Crippen molar-refractivity contribution in [2.24, 2.45) is 0 Å². The molecule has 9 heteroatoms. The average molecular weight is 1230 g/mol. The Bertz CT molecular complexity index is 6760. The van der Waals surface area contributed by atoms with Crippen LogP contribution in [0.5, 0.6) is 0 Å². The summed E-state index contributed by atoms with van der Waals surface area (Å²) in [5.74, 6) is 2.83. The molecule has 0 fully saturated rings. The van der Waals surface area contributed by atoms with E-state index in [1.165, 1.54) is 43.3 Å². The zero-order valence-electron chi connectivity index (χ0n) is 51.4. The first-order chi connectivity index (χ1) is 47.5. The number of rotatable bonds is 6. The predicted octanol–water partition coefficient (Wildman–Crippen LogP) is 23.1. The lowest BCUT2D eigenvalue weighted by Crippen LogP contribution is -2.00. The highest BCUT2D eigenvalue weighted by Gasteiger charge is 2.23. The van der Waals surface area contributed by atoms with Gasteiger partial charge in [0.05, 0.1) is 33.1 Å². The van der Waals surface area contributed by atoms with Gasteiger partial charge in [0.25, 0.3) is 0 Å². The Hall–Kier alpha value is -12.9. The molecular weight excluding hydrogens is 1180 g/mol. The highest BCUT2D eigenvalue weighted by molar-refractivity contribution is 6.20. The maximum Gasteiger partial charge on any atom is 0.164 e. The lowest BCUT2D eigenvalue weighted by molar-refractivity contribution is 0.546. The van der Waals surface area contributed by atoms with Crippen molar-refractivity contribution < 1.29 is 13.3 Å². The molecule has 0 unspecified atom stereocenters. The number of para-hydroxylation sites is 5. The summed E-state index contributed by atoms with van der Waals surface area (Å²) in [5, 5.41) is 19.3. The van der Waals surface area contributed by atoms with E-state index in [1.54, 1.807) is 0 Å². The van der Waals surface area contributed by atoms with Gasteiger partial charge in [-0.25, -0.2) is 15.0 Å². The molecule has 0 aliphatic heterocycles. The highest BCUT2D eigenvalue weighted by atomic mass is 16.3. The summed E-state index contributed by atoms with van der Waals surface area (Å²) < 4.78 is 26.6. The first-order valence-corrected chi connectivity index (χ1v) is 32.7. The number of aryl methyl sites for hydroxylation is 1. The van der Waals surface area contributed by atoms with Gasteiger partial charge in [-0.05, 0) is 142 Å². The summed E-state index contributed by atoms with van der Waals surface area (Å²) in [7, 11) is 0. The second-order valence-corrected chi connectivity index (χ2v) is 25.8. The number of hydrogen-bond acceptors (Lipinski definition) is 6. The molecule has 0 saturated heterocycles. The van der Waals surface area contributed by atoms with Gasteiger partial charge in [0.1, 0.15) is 33.7 Å². The van der Waals surface area contributed by atoms with Crippen LogP contribution in [0.15, 0.2) is 286 Å². The molecule has 9 nitrogen and oxygen atoms in total. The molecule has 0 saturated carbocycles. The van der Waals surface area contributed by atoms with E-state index in [9.17, 15) is 0 Å². The topological polar surface area (TPSA) is 92.9 Å². The van der Waals surface area contributed by atoms with E-state index in [-0.39, 0.29) is 0 Å². The molecule has 0 spiro atoms. The molecule has 7 heterocycles. The van der Waals surface area contributed by atoms with Crippen molar-refractivity contribution in [2.75, 3.05) is 0 Å². The quantitative estimate of drug-likeness (QED) is 0.165. The second-order valence-electron chi connectivity index (χ2n) is 25.8. The van der Waals surface area contributed by atoms with Crippen LogP contribution in [-0.4, -0.2) is 28.7 Å². The van der Waals surface area contributed by atoms with Gasteiger partial charge in [-0.15, -0.1) is 0 Å². The van der Waals surface area contributed by atoms with Crippen molar-refractivity contribution in [1.29, 1.82) is 0 Å². The van der Waals surface area contributed by atoms with E-state index < -0.39 is 0 Å². The van der Waals surface area contributed by atoms with Crippen LogP contribution in [-0.2, 0) is 6.42 Å². The van der Waals surface area contributed by atoms with Crippen LogP contribution < -0.4 is 0 Å². The summed E-state index contributed by atoms with van der Waals surface area (Å²) >= 11 is 0. The molecule has 22 rings (SSSR count). The van der Waals surface area contributed by atoms with Crippen LogP contribution in [0.4, 0.5) is 0 Å². The van der Waals surface area contributed by atoms with Gasteiger partial charge in [-0.1, -0.05) is 158 Å². The van der Waals surface area contributed by atoms with Gasteiger partial charge < -0.3 is 27.0 Å². The van der Waals surface area contributed by atoms with E-state index in [4.69, 9.17) is 28.2 Å². The van der Waals surface area contributed by atoms with Crippen LogP contribution in [0.1, 0.15) is 17.7 Å². The number of aromatic nitrogens is 6. The fourth-order valence-electron chi connectivity index (χ4n) is 15.9. The van der Waals surface area contributed by atoms with Crippen molar-refractivity contribution in [3.8, 4) is 51.2 Å². The zero-order valence-corrected chi connectivity index (χ0v) is 51.4. The number of fused-ring (bicyclic) bond motifs is 21. The number of nitrogens with zero attached hydrogens (tertiary/aromatic N) is 6. The summed E-state index contributed by atoms with van der Waals surface area (Å²) in [4.78, 5) is 16.1. The number of benzene rings is 14. The fourth-order valence-corrected chi connectivity index (χ4v) is 15.9. The van der Waals surface area contributed by atoms with Gasteiger partial charge in [0, 0.05) is 123 Å². The van der Waals surface area contributed by atoms with E-state index in [0.717, 1.165) is 167 Å². The third kappa shape index (κ3) is 7.53. The SMILES string of the molecule is C1=Cc2c(oc3cc4c(cc23)c2ccccc2n4-c2ccc3cc(-c4nc(-c5ccc6cc(-n7c8ccccc8c8cc9c(cc87)oc7ccccc79)ccc6c5)nc(-c5ccc6cc(-n7c8ccccc8c8cc9c(cc87)oc7ccccc79)ccc6c5)n4)ccc3c2)CC1. The van der Waals surface area contributed by atoms with Gasteiger partial charge in [-0.2, -0.15) is 0 Å². The van der Waals surface area contributed by atoms with Crippen molar-refractivity contribution in [2.45, 2.75) is 12.8 Å². The minimum atomic E-state index is 0.586. The lowest BCUT2D eigenvalue weighted by atomic mass is 10.0. The van der Waals surface area contributed by atoms with Crippen molar-refractivity contribution in [3.05, 3.63) is 284 Å². The minimum Gasteiger partial charge on any atom is -0.460 e. The molecular formula is C87H50N6O3. The number of allylic oxidation sites excluding steroid dienone is 1. The number of furan rings is 3. The monoisotopic (exact) mass is 1230 g/mol. The fraction of sp³-hybridized carbons (Fsp3) is 0.0230. The van der Waals surface area contributed by atoms with Gasteiger partial charge in [0.2, 0.25) is 0 Å². The van der Waals surface area contributed by atoms with Gasteiger partial charge >= 0.3 is 0 Å². The van der Waals surface area contributed by atoms with E-state index in [2.05, 4.69) is 269 Å². The molecule has 0 amide bonds. The maximum atomic E-state index is 6.55. The summed E-state index contributed by atoms with van der Waals surface area (Å²) in [6.07, 6.45) is 6.40.